The highest BCUT2D eigenvalue weighted by molar-refractivity contribution is 6.14. The zero-order valence-electron chi connectivity index (χ0n) is 33.6. The number of hydrogen-bond acceptors (Lipinski definition) is 1. The second-order valence-electron chi connectivity index (χ2n) is 15.6. The second kappa shape index (κ2) is 15.6. The standard InChI is InChI=1S/C60H41N/c1-4-19-42(20-5-1)47-38-40-59(56(41-47)44-23-8-3-9-24-44)61(57-35-14-12-29-53(57)51-33-18-32-50-48-28-11-10-25-45(48)37-39-52(50)51)58-36-15-13-30-54(58)55-34-17-27-46-26-16-31-49(60(46)55)43-21-6-2-7-22-43/h1-41H. The predicted octanol–water partition coefficient (Wildman–Crippen LogP) is 17.0. The van der Waals surface area contributed by atoms with Crippen molar-refractivity contribution in [2.24, 2.45) is 0 Å². The largest absolute Gasteiger partial charge is 0.309 e. The van der Waals surface area contributed by atoms with E-state index >= 15 is 0 Å². The van der Waals surface area contributed by atoms with Crippen molar-refractivity contribution >= 4 is 49.4 Å². The average Bonchev–Trinajstić information content (AvgIpc) is 3.34. The lowest BCUT2D eigenvalue weighted by Crippen LogP contribution is -2.14. The van der Waals surface area contributed by atoms with Gasteiger partial charge in [-0.05, 0) is 95.5 Å². The first-order chi connectivity index (χ1) is 30.3. The molecule has 0 heterocycles. The van der Waals surface area contributed by atoms with E-state index in [4.69, 9.17) is 0 Å². The van der Waals surface area contributed by atoms with Crippen LogP contribution in [-0.4, -0.2) is 0 Å². The molecule has 0 aliphatic carbocycles. The molecule has 286 valence electrons. The number of rotatable bonds is 8. The van der Waals surface area contributed by atoms with E-state index in [-0.39, 0.29) is 0 Å². The predicted molar refractivity (Wildman–Crippen MR) is 261 cm³/mol. The molecule has 1 heteroatoms. The number of para-hydroxylation sites is 2. The van der Waals surface area contributed by atoms with Gasteiger partial charge in [-0.25, -0.2) is 0 Å². The van der Waals surface area contributed by atoms with Crippen molar-refractivity contribution < 1.29 is 0 Å². The first kappa shape index (κ1) is 36.1. The van der Waals surface area contributed by atoms with Crippen LogP contribution in [-0.2, 0) is 0 Å². The van der Waals surface area contributed by atoms with Crippen LogP contribution in [0.4, 0.5) is 17.1 Å². The topological polar surface area (TPSA) is 3.24 Å². The van der Waals surface area contributed by atoms with E-state index in [1.54, 1.807) is 0 Å². The van der Waals surface area contributed by atoms with Crippen LogP contribution >= 0.6 is 0 Å². The van der Waals surface area contributed by atoms with Crippen LogP contribution in [0.15, 0.2) is 249 Å². The van der Waals surface area contributed by atoms with Crippen LogP contribution in [0.3, 0.4) is 0 Å². The molecule has 0 radical (unpaired) electrons. The van der Waals surface area contributed by atoms with Gasteiger partial charge in [0, 0.05) is 16.7 Å². The Morgan fingerprint density at radius 3 is 1.39 bits per heavy atom. The van der Waals surface area contributed by atoms with E-state index in [1.165, 1.54) is 65.7 Å². The molecule has 0 N–H and O–H groups in total. The summed E-state index contributed by atoms with van der Waals surface area (Å²) in [7, 11) is 0. The fourth-order valence-electron chi connectivity index (χ4n) is 9.27. The molecular weight excluding hydrogens is 735 g/mol. The van der Waals surface area contributed by atoms with E-state index in [0.29, 0.717) is 0 Å². The maximum absolute atomic E-state index is 2.52. The molecule has 0 saturated carbocycles. The Kier molecular flexibility index (Phi) is 9.26. The highest BCUT2D eigenvalue weighted by atomic mass is 15.1. The fraction of sp³-hybridized carbons (Fsp3) is 0. The van der Waals surface area contributed by atoms with Crippen LogP contribution < -0.4 is 4.90 Å². The quantitative estimate of drug-likeness (QED) is 0.139. The van der Waals surface area contributed by atoms with Crippen LogP contribution in [0.5, 0.6) is 0 Å². The van der Waals surface area contributed by atoms with Gasteiger partial charge in [0.25, 0.3) is 0 Å². The molecule has 61 heavy (non-hydrogen) atoms. The SMILES string of the molecule is c1ccc(-c2ccc(N(c3ccccc3-c3cccc4c3ccc3ccccc34)c3ccccc3-c3cccc4cccc(-c5ccccc5)c34)c(-c3ccccc3)c2)cc1. The highest BCUT2D eigenvalue weighted by Gasteiger charge is 2.25. The number of hydrogen-bond donors (Lipinski definition) is 0. The summed E-state index contributed by atoms with van der Waals surface area (Å²) in [5.74, 6) is 0. The van der Waals surface area contributed by atoms with Gasteiger partial charge in [-0.3, -0.25) is 0 Å². The summed E-state index contributed by atoms with van der Waals surface area (Å²) in [5.41, 5.74) is 15.1. The molecule has 0 unspecified atom stereocenters. The van der Waals surface area contributed by atoms with Crippen LogP contribution in [0, 0.1) is 0 Å². The Balaban J connectivity index is 1.22. The molecule has 0 saturated heterocycles. The lowest BCUT2D eigenvalue weighted by atomic mass is 9.89. The van der Waals surface area contributed by atoms with Gasteiger partial charge in [0.2, 0.25) is 0 Å². The summed E-state index contributed by atoms with van der Waals surface area (Å²) in [6.45, 7) is 0. The Hall–Kier alpha value is -8.00. The Morgan fingerprint density at radius 2 is 0.689 bits per heavy atom. The molecule has 0 aliphatic heterocycles. The number of benzene rings is 11. The third-order valence-electron chi connectivity index (χ3n) is 12.1. The lowest BCUT2D eigenvalue weighted by Gasteiger charge is -2.32. The first-order valence-corrected chi connectivity index (χ1v) is 21.0. The summed E-state index contributed by atoms with van der Waals surface area (Å²) < 4.78 is 0. The zero-order valence-corrected chi connectivity index (χ0v) is 33.6. The molecule has 1 nitrogen and oxygen atoms in total. The van der Waals surface area contributed by atoms with Crippen molar-refractivity contribution in [1.29, 1.82) is 0 Å². The van der Waals surface area contributed by atoms with Crippen molar-refractivity contribution in [2.75, 3.05) is 4.90 Å². The molecule has 0 atom stereocenters. The second-order valence-corrected chi connectivity index (χ2v) is 15.6. The Bertz CT molecular complexity index is 3350. The molecule has 11 aromatic rings. The van der Waals surface area contributed by atoms with Gasteiger partial charge in [0.1, 0.15) is 0 Å². The molecule has 0 amide bonds. The van der Waals surface area contributed by atoms with Gasteiger partial charge in [0.15, 0.2) is 0 Å². The average molecular weight is 776 g/mol. The number of anilines is 3. The monoisotopic (exact) mass is 775 g/mol. The minimum Gasteiger partial charge on any atom is -0.309 e. The molecular formula is C60H41N. The van der Waals surface area contributed by atoms with Gasteiger partial charge in [-0.2, -0.15) is 0 Å². The minimum atomic E-state index is 1.10. The van der Waals surface area contributed by atoms with Crippen LogP contribution in [0.25, 0.3) is 88.0 Å². The summed E-state index contributed by atoms with van der Waals surface area (Å²) in [5, 5.41) is 7.42. The van der Waals surface area contributed by atoms with Gasteiger partial charge in [-0.1, -0.05) is 224 Å². The van der Waals surface area contributed by atoms with Gasteiger partial charge in [-0.15, -0.1) is 0 Å². The maximum atomic E-state index is 2.52. The first-order valence-electron chi connectivity index (χ1n) is 21.0. The Morgan fingerprint density at radius 1 is 0.213 bits per heavy atom. The Labute approximate surface area is 357 Å². The summed E-state index contributed by atoms with van der Waals surface area (Å²) in [6, 6.07) is 90.6. The summed E-state index contributed by atoms with van der Waals surface area (Å²) in [4.78, 5) is 2.52. The minimum absolute atomic E-state index is 1.10. The molecule has 11 aromatic carbocycles. The maximum Gasteiger partial charge on any atom is 0.0540 e. The molecule has 0 fully saturated rings. The summed E-state index contributed by atoms with van der Waals surface area (Å²) in [6.07, 6.45) is 0. The normalized spacial score (nSPS) is 11.3. The van der Waals surface area contributed by atoms with Crippen LogP contribution in [0.1, 0.15) is 0 Å². The van der Waals surface area contributed by atoms with Crippen molar-refractivity contribution in [2.45, 2.75) is 0 Å². The third-order valence-corrected chi connectivity index (χ3v) is 12.1. The van der Waals surface area contributed by atoms with Crippen LogP contribution in [0.2, 0.25) is 0 Å². The van der Waals surface area contributed by atoms with E-state index in [1.807, 2.05) is 0 Å². The number of fused-ring (bicyclic) bond motifs is 4. The molecule has 0 spiro atoms. The van der Waals surface area contributed by atoms with Gasteiger partial charge >= 0.3 is 0 Å². The smallest absolute Gasteiger partial charge is 0.0540 e. The van der Waals surface area contributed by atoms with E-state index in [9.17, 15) is 0 Å². The van der Waals surface area contributed by atoms with E-state index in [0.717, 1.165) is 39.3 Å². The molecule has 11 rings (SSSR count). The fourth-order valence-corrected chi connectivity index (χ4v) is 9.27. The van der Waals surface area contributed by atoms with Crippen molar-refractivity contribution in [3.8, 4) is 55.6 Å². The van der Waals surface area contributed by atoms with Crippen molar-refractivity contribution in [1.82, 2.24) is 0 Å². The van der Waals surface area contributed by atoms with Gasteiger partial charge < -0.3 is 4.90 Å². The lowest BCUT2D eigenvalue weighted by molar-refractivity contribution is 1.28. The van der Waals surface area contributed by atoms with Crippen molar-refractivity contribution in [3.05, 3.63) is 249 Å². The summed E-state index contributed by atoms with van der Waals surface area (Å²) >= 11 is 0. The van der Waals surface area contributed by atoms with Gasteiger partial charge in [0.05, 0.1) is 17.1 Å². The number of nitrogens with zero attached hydrogens (tertiary/aromatic N) is 1. The molecule has 0 aromatic heterocycles. The highest BCUT2D eigenvalue weighted by Crippen LogP contribution is 2.50. The molecule has 0 aliphatic rings. The van der Waals surface area contributed by atoms with E-state index < -0.39 is 0 Å². The molecule has 0 bridgehead atoms. The zero-order chi connectivity index (χ0) is 40.5. The third kappa shape index (κ3) is 6.54. The van der Waals surface area contributed by atoms with Crippen molar-refractivity contribution in [3.63, 3.8) is 0 Å². The van der Waals surface area contributed by atoms with E-state index in [2.05, 4.69) is 254 Å².